The molecule has 1 fully saturated rings. The average molecular weight is 420 g/mol. The van der Waals surface area contributed by atoms with Gasteiger partial charge in [-0.3, -0.25) is 0 Å². The van der Waals surface area contributed by atoms with Crippen LogP contribution in [0.2, 0.25) is 0 Å². The number of hydrogen-bond donors (Lipinski definition) is 0. The second-order valence-electron chi connectivity index (χ2n) is 7.60. The zero-order chi connectivity index (χ0) is 19.8. The van der Waals surface area contributed by atoms with Crippen molar-refractivity contribution >= 4 is 19.9 Å². The first-order valence-electron chi connectivity index (χ1n) is 9.80. The number of aryl methyl sites for hydroxylation is 2. The zero-order valence-electron chi connectivity index (χ0n) is 15.7. The van der Waals surface area contributed by atoms with Crippen LogP contribution in [0.1, 0.15) is 36.8 Å². The van der Waals surface area contributed by atoms with E-state index in [1.807, 2.05) is 12.1 Å². The minimum atomic E-state index is -3.59. The molecule has 4 rings (SSSR count). The van der Waals surface area contributed by atoms with Gasteiger partial charge in [0.2, 0.25) is 10.0 Å². The Hall–Kier alpha value is -1.70. The van der Waals surface area contributed by atoms with Crippen LogP contribution in [0.4, 0.5) is 0 Å². The summed E-state index contributed by atoms with van der Waals surface area (Å²) in [5.74, 6) is 0. The van der Waals surface area contributed by atoms with E-state index >= 15 is 0 Å². The lowest BCUT2D eigenvalue weighted by Crippen LogP contribution is -2.42. The summed E-state index contributed by atoms with van der Waals surface area (Å²) in [5.41, 5.74) is 2.38. The molecule has 2 aliphatic rings. The largest absolute Gasteiger partial charge is 0.243 e. The first-order chi connectivity index (χ1) is 13.4. The number of fused-ring (bicyclic) bond motifs is 1. The molecule has 1 aliphatic heterocycles. The molecule has 0 unspecified atom stereocenters. The Morgan fingerprint density at radius 1 is 0.750 bits per heavy atom. The Kier molecular flexibility index (Phi) is 5.33. The van der Waals surface area contributed by atoms with Crippen LogP contribution in [-0.4, -0.2) is 39.5 Å². The molecule has 150 valence electrons. The van der Waals surface area contributed by atoms with Crippen molar-refractivity contribution in [3.8, 4) is 0 Å². The lowest BCUT2D eigenvalue weighted by atomic mass is 9.92. The normalized spacial score (nSPS) is 19.3. The summed E-state index contributed by atoms with van der Waals surface area (Å²) in [6.45, 7) is 0.465. The molecular weight excluding hydrogens is 394 g/mol. The van der Waals surface area contributed by atoms with Crippen molar-refractivity contribution in [2.45, 2.75) is 53.6 Å². The Labute approximate surface area is 167 Å². The van der Waals surface area contributed by atoms with Gasteiger partial charge in [0.05, 0.1) is 15.0 Å². The van der Waals surface area contributed by atoms with Gasteiger partial charge in [0, 0.05) is 13.1 Å². The van der Waals surface area contributed by atoms with Gasteiger partial charge in [0.1, 0.15) is 0 Å². The summed E-state index contributed by atoms with van der Waals surface area (Å²) >= 11 is 0. The number of nitrogens with zero attached hydrogens (tertiary/aromatic N) is 1. The van der Waals surface area contributed by atoms with Gasteiger partial charge in [0.15, 0.2) is 9.84 Å². The smallest absolute Gasteiger partial charge is 0.223 e. The van der Waals surface area contributed by atoms with Gasteiger partial charge in [0.25, 0.3) is 0 Å². The summed E-state index contributed by atoms with van der Waals surface area (Å²) in [4.78, 5) is 0.642. The molecule has 1 heterocycles. The zero-order valence-corrected chi connectivity index (χ0v) is 17.4. The van der Waals surface area contributed by atoms with E-state index in [1.165, 1.54) is 9.87 Å². The van der Waals surface area contributed by atoms with Crippen molar-refractivity contribution in [3.63, 3.8) is 0 Å². The molecule has 2 aromatic carbocycles. The Morgan fingerprint density at radius 2 is 1.39 bits per heavy atom. The van der Waals surface area contributed by atoms with Crippen LogP contribution in [0, 0.1) is 0 Å². The molecule has 1 saturated heterocycles. The fraction of sp³-hybridized carbons (Fsp3) is 0.429. The van der Waals surface area contributed by atoms with Crippen LogP contribution >= 0.6 is 0 Å². The molecule has 0 radical (unpaired) electrons. The van der Waals surface area contributed by atoms with Crippen molar-refractivity contribution in [1.82, 2.24) is 4.31 Å². The summed E-state index contributed by atoms with van der Waals surface area (Å²) in [6, 6.07) is 13.9. The number of hydrogen-bond acceptors (Lipinski definition) is 4. The molecule has 0 atom stereocenters. The van der Waals surface area contributed by atoms with E-state index in [9.17, 15) is 16.8 Å². The van der Waals surface area contributed by atoms with Crippen molar-refractivity contribution in [1.29, 1.82) is 0 Å². The summed E-state index contributed by atoms with van der Waals surface area (Å²) in [5, 5.41) is -0.537. The third-order valence-electron chi connectivity index (χ3n) is 5.87. The van der Waals surface area contributed by atoms with Gasteiger partial charge >= 0.3 is 0 Å². The topological polar surface area (TPSA) is 71.5 Å². The molecule has 7 heteroatoms. The molecule has 1 aliphatic carbocycles. The van der Waals surface area contributed by atoms with Gasteiger partial charge < -0.3 is 0 Å². The molecule has 28 heavy (non-hydrogen) atoms. The highest BCUT2D eigenvalue weighted by atomic mass is 32.2. The molecule has 0 bridgehead atoms. The first-order valence-corrected chi connectivity index (χ1v) is 12.8. The lowest BCUT2D eigenvalue weighted by molar-refractivity contribution is 0.345. The van der Waals surface area contributed by atoms with Crippen LogP contribution < -0.4 is 0 Å². The third-order valence-corrected chi connectivity index (χ3v) is 10.0. The SMILES string of the molecule is O=S(=O)(c1ccccc1)C1CCN(S(=O)(=O)c2ccc3c(c2)CCCC3)CC1. The number of benzene rings is 2. The second kappa shape index (κ2) is 7.61. The van der Waals surface area contributed by atoms with Crippen molar-refractivity contribution in [2.24, 2.45) is 0 Å². The predicted octanol–water partition coefficient (Wildman–Crippen LogP) is 3.19. The third kappa shape index (κ3) is 3.63. The fourth-order valence-electron chi connectivity index (χ4n) is 4.20. The van der Waals surface area contributed by atoms with Gasteiger partial charge in [-0.05, 0) is 73.9 Å². The summed E-state index contributed by atoms with van der Waals surface area (Å²) in [6.07, 6.45) is 4.83. The molecule has 5 nitrogen and oxygen atoms in total. The quantitative estimate of drug-likeness (QED) is 0.763. The Bertz CT molecular complexity index is 1050. The molecule has 0 amide bonds. The monoisotopic (exact) mass is 419 g/mol. The molecule has 0 saturated carbocycles. The molecule has 0 aromatic heterocycles. The van der Waals surface area contributed by atoms with E-state index in [2.05, 4.69) is 0 Å². The molecular formula is C21H25NO4S2. The van der Waals surface area contributed by atoms with E-state index in [0.29, 0.717) is 22.6 Å². The second-order valence-corrected chi connectivity index (χ2v) is 11.8. The Balaban J connectivity index is 1.50. The van der Waals surface area contributed by atoms with Crippen molar-refractivity contribution in [3.05, 3.63) is 59.7 Å². The number of piperidine rings is 1. The van der Waals surface area contributed by atoms with Gasteiger partial charge in [-0.25, -0.2) is 16.8 Å². The Morgan fingerprint density at radius 3 is 2.07 bits per heavy atom. The van der Waals surface area contributed by atoms with E-state index in [1.54, 1.807) is 36.4 Å². The van der Waals surface area contributed by atoms with Crippen LogP contribution in [0.25, 0.3) is 0 Å². The maximum Gasteiger partial charge on any atom is 0.243 e. The maximum atomic E-state index is 13.1. The number of sulfone groups is 1. The van der Waals surface area contributed by atoms with Gasteiger partial charge in [-0.2, -0.15) is 4.31 Å². The highest BCUT2D eigenvalue weighted by Crippen LogP contribution is 2.29. The fourth-order valence-corrected chi connectivity index (χ4v) is 7.48. The molecule has 0 spiro atoms. The summed E-state index contributed by atoms with van der Waals surface area (Å²) < 4.78 is 53.2. The minimum absolute atomic E-state index is 0.232. The number of sulfonamides is 1. The molecule has 0 N–H and O–H groups in total. The maximum absolute atomic E-state index is 13.1. The van der Waals surface area contributed by atoms with Gasteiger partial charge in [-0.1, -0.05) is 24.3 Å². The van der Waals surface area contributed by atoms with Crippen LogP contribution in [0.15, 0.2) is 58.3 Å². The standard InChI is InChI=1S/C21H25NO4S2/c23-27(24,19-8-2-1-3-9-19)20-12-14-22(15-13-20)28(25,26)21-11-10-17-6-4-5-7-18(17)16-21/h1-3,8-11,16,20H,4-7,12-15H2. The van der Waals surface area contributed by atoms with Gasteiger partial charge in [-0.15, -0.1) is 0 Å². The molecule has 2 aromatic rings. The first kappa shape index (κ1) is 19.6. The highest BCUT2D eigenvalue weighted by molar-refractivity contribution is 7.92. The van der Waals surface area contributed by atoms with Crippen molar-refractivity contribution in [2.75, 3.05) is 13.1 Å². The van der Waals surface area contributed by atoms with Crippen molar-refractivity contribution < 1.29 is 16.8 Å². The van der Waals surface area contributed by atoms with E-state index in [0.717, 1.165) is 31.2 Å². The summed E-state index contributed by atoms with van der Waals surface area (Å²) in [7, 11) is -7.02. The van der Waals surface area contributed by atoms with E-state index in [-0.39, 0.29) is 13.1 Å². The lowest BCUT2D eigenvalue weighted by Gasteiger charge is -2.31. The highest BCUT2D eigenvalue weighted by Gasteiger charge is 2.35. The van der Waals surface area contributed by atoms with E-state index in [4.69, 9.17) is 0 Å². The number of rotatable bonds is 4. The minimum Gasteiger partial charge on any atom is -0.223 e. The van der Waals surface area contributed by atoms with Crippen LogP contribution in [0.5, 0.6) is 0 Å². The predicted molar refractivity (Wildman–Crippen MR) is 108 cm³/mol. The van der Waals surface area contributed by atoms with Crippen LogP contribution in [0.3, 0.4) is 0 Å². The average Bonchev–Trinajstić information content (AvgIpc) is 2.74. The van der Waals surface area contributed by atoms with Crippen LogP contribution in [-0.2, 0) is 32.7 Å². The van der Waals surface area contributed by atoms with E-state index < -0.39 is 25.1 Å².